The number of fused-ring (bicyclic) bond motifs is 1. The number of aromatic nitrogens is 2. The molecule has 0 atom stereocenters. The molecule has 0 amide bonds. The van der Waals surface area contributed by atoms with Crippen LogP contribution < -0.4 is 5.56 Å². The third-order valence-corrected chi connectivity index (χ3v) is 4.62. The Bertz CT molecular complexity index is 1130. The molecule has 0 aliphatic rings. The largest absolute Gasteiger partial charge is 0.305 e. The van der Waals surface area contributed by atoms with Crippen molar-refractivity contribution in [3.05, 3.63) is 79.4 Å². The van der Waals surface area contributed by atoms with Crippen LogP contribution >= 0.6 is 11.6 Å². The van der Waals surface area contributed by atoms with Gasteiger partial charge in [-0.1, -0.05) is 49.7 Å². The van der Waals surface area contributed by atoms with E-state index in [0.29, 0.717) is 22.0 Å². The van der Waals surface area contributed by atoms with E-state index < -0.39 is 4.92 Å². The molecule has 0 aliphatic carbocycles. The Kier molecular flexibility index (Phi) is 5.10. The highest BCUT2D eigenvalue weighted by molar-refractivity contribution is 6.50. The van der Waals surface area contributed by atoms with Crippen LogP contribution in [0.25, 0.3) is 22.0 Å². The molecule has 0 spiro atoms. The molecule has 6 nitrogen and oxygen atoms in total. The number of nitrogens with zero attached hydrogens (tertiary/aromatic N) is 2. The van der Waals surface area contributed by atoms with E-state index in [2.05, 4.69) is 9.97 Å². The molecule has 138 valence electrons. The molecule has 0 saturated carbocycles. The summed E-state index contributed by atoms with van der Waals surface area (Å²) in [5.41, 5.74) is 2.40. The van der Waals surface area contributed by atoms with Crippen LogP contribution in [-0.2, 0) is 0 Å². The van der Waals surface area contributed by atoms with E-state index in [-0.39, 0.29) is 28.0 Å². The Morgan fingerprint density at radius 2 is 2.04 bits per heavy atom. The second-order valence-electron chi connectivity index (χ2n) is 6.61. The zero-order valence-electron chi connectivity index (χ0n) is 15.1. The molecular formula is C20H18ClN3O3. The molecule has 0 unspecified atom stereocenters. The van der Waals surface area contributed by atoms with E-state index >= 15 is 0 Å². The summed E-state index contributed by atoms with van der Waals surface area (Å²) in [6, 6.07) is 10.3. The van der Waals surface area contributed by atoms with Crippen LogP contribution in [0.4, 0.5) is 5.69 Å². The predicted octanol–water partition coefficient (Wildman–Crippen LogP) is 5.00. The summed E-state index contributed by atoms with van der Waals surface area (Å²) in [6.07, 6.45) is 1.56. The maximum absolute atomic E-state index is 12.3. The Morgan fingerprint density at radius 1 is 1.30 bits per heavy atom. The van der Waals surface area contributed by atoms with Crippen LogP contribution in [-0.4, -0.2) is 14.9 Å². The molecule has 1 aromatic heterocycles. The second kappa shape index (κ2) is 7.32. The van der Waals surface area contributed by atoms with Crippen molar-refractivity contribution in [3.8, 4) is 0 Å². The number of hydrogen-bond donors (Lipinski definition) is 1. The molecule has 7 heteroatoms. The summed E-state index contributed by atoms with van der Waals surface area (Å²) in [7, 11) is 0. The van der Waals surface area contributed by atoms with Gasteiger partial charge in [0.1, 0.15) is 0 Å². The SMILES string of the molecule is Cc1cccc2c(=O)[nH]c(/C(Cl)=C/c3ccc(C(C)C)c([N+](=O)[O-])c3)nc12. The van der Waals surface area contributed by atoms with Crippen molar-refractivity contribution in [2.45, 2.75) is 26.7 Å². The maximum atomic E-state index is 12.3. The number of nitro benzene ring substituents is 1. The summed E-state index contributed by atoms with van der Waals surface area (Å²) in [6.45, 7) is 5.66. The summed E-state index contributed by atoms with van der Waals surface area (Å²) >= 11 is 6.36. The molecule has 0 aliphatic heterocycles. The van der Waals surface area contributed by atoms with Gasteiger partial charge in [-0.25, -0.2) is 4.98 Å². The van der Waals surface area contributed by atoms with Gasteiger partial charge in [-0.3, -0.25) is 14.9 Å². The maximum Gasteiger partial charge on any atom is 0.273 e. The zero-order chi connectivity index (χ0) is 19.7. The molecule has 0 fully saturated rings. The first-order valence-electron chi connectivity index (χ1n) is 8.43. The van der Waals surface area contributed by atoms with Crippen LogP contribution in [0.15, 0.2) is 41.2 Å². The van der Waals surface area contributed by atoms with Gasteiger partial charge < -0.3 is 4.98 Å². The van der Waals surface area contributed by atoms with Gasteiger partial charge in [0.2, 0.25) is 0 Å². The van der Waals surface area contributed by atoms with Gasteiger partial charge >= 0.3 is 0 Å². The molecule has 2 aromatic carbocycles. The van der Waals surface area contributed by atoms with Gasteiger partial charge in [0.25, 0.3) is 11.2 Å². The van der Waals surface area contributed by atoms with E-state index in [9.17, 15) is 14.9 Å². The first-order chi connectivity index (χ1) is 12.8. The van der Waals surface area contributed by atoms with Crippen molar-refractivity contribution in [2.75, 3.05) is 0 Å². The average Bonchev–Trinajstić information content (AvgIpc) is 2.62. The number of rotatable bonds is 4. The third kappa shape index (κ3) is 3.75. The first-order valence-corrected chi connectivity index (χ1v) is 8.81. The van der Waals surface area contributed by atoms with Crippen molar-refractivity contribution < 1.29 is 4.92 Å². The number of benzene rings is 2. The topological polar surface area (TPSA) is 88.9 Å². The van der Waals surface area contributed by atoms with Gasteiger partial charge in [0, 0.05) is 11.6 Å². The second-order valence-corrected chi connectivity index (χ2v) is 7.02. The fourth-order valence-electron chi connectivity index (χ4n) is 2.93. The number of aryl methyl sites for hydroxylation is 1. The highest BCUT2D eigenvalue weighted by atomic mass is 35.5. The molecule has 0 saturated heterocycles. The smallest absolute Gasteiger partial charge is 0.273 e. The lowest BCUT2D eigenvalue weighted by Crippen LogP contribution is -2.11. The number of H-pyrrole nitrogens is 1. The third-order valence-electron chi connectivity index (χ3n) is 4.33. The minimum Gasteiger partial charge on any atom is -0.305 e. The van der Waals surface area contributed by atoms with Crippen LogP contribution in [0.5, 0.6) is 0 Å². The predicted molar refractivity (Wildman–Crippen MR) is 108 cm³/mol. The van der Waals surface area contributed by atoms with E-state index in [0.717, 1.165) is 5.56 Å². The van der Waals surface area contributed by atoms with E-state index in [4.69, 9.17) is 11.6 Å². The fourth-order valence-corrected chi connectivity index (χ4v) is 3.15. The number of nitro groups is 1. The van der Waals surface area contributed by atoms with Gasteiger partial charge in [-0.2, -0.15) is 0 Å². The lowest BCUT2D eigenvalue weighted by Gasteiger charge is -2.08. The van der Waals surface area contributed by atoms with Crippen LogP contribution in [0.2, 0.25) is 0 Å². The fraction of sp³-hybridized carbons (Fsp3) is 0.200. The number of para-hydroxylation sites is 1. The number of nitrogens with one attached hydrogen (secondary N) is 1. The van der Waals surface area contributed by atoms with Crippen molar-refractivity contribution in [3.63, 3.8) is 0 Å². The zero-order valence-corrected chi connectivity index (χ0v) is 15.9. The van der Waals surface area contributed by atoms with E-state index in [1.807, 2.05) is 26.8 Å². The Labute approximate surface area is 160 Å². The van der Waals surface area contributed by atoms with E-state index in [1.165, 1.54) is 6.07 Å². The molecule has 1 N–H and O–H groups in total. The summed E-state index contributed by atoms with van der Waals surface area (Å²) in [5.74, 6) is 0.249. The van der Waals surface area contributed by atoms with Crippen molar-refractivity contribution in [1.29, 1.82) is 0 Å². The first kappa shape index (κ1) is 18.8. The average molecular weight is 384 g/mol. The normalized spacial score (nSPS) is 12.0. The standard InChI is InChI=1S/C20H18ClN3O3/c1-11(2)14-8-7-13(10-17(14)24(26)27)9-16(21)19-22-18-12(3)5-4-6-15(18)20(25)23-19/h4-11H,1-3H3,(H,22,23,25)/b16-9-. The lowest BCUT2D eigenvalue weighted by atomic mass is 9.99. The minimum absolute atomic E-state index is 0.0281. The van der Waals surface area contributed by atoms with Gasteiger partial charge in [-0.05, 0) is 36.1 Å². The Morgan fingerprint density at radius 3 is 2.70 bits per heavy atom. The van der Waals surface area contributed by atoms with Crippen molar-refractivity contribution in [1.82, 2.24) is 9.97 Å². The summed E-state index contributed by atoms with van der Waals surface area (Å²) in [5, 5.41) is 12.0. The Hall–Kier alpha value is -2.99. The number of aromatic amines is 1. The lowest BCUT2D eigenvalue weighted by molar-refractivity contribution is -0.385. The molecule has 27 heavy (non-hydrogen) atoms. The van der Waals surface area contributed by atoms with Crippen LogP contribution in [0.1, 0.15) is 42.3 Å². The quantitative estimate of drug-likeness (QED) is 0.507. The number of hydrogen-bond acceptors (Lipinski definition) is 4. The van der Waals surface area contributed by atoms with Crippen molar-refractivity contribution >= 4 is 39.3 Å². The van der Waals surface area contributed by atoms with Gasteiger partial charge in [0.05, 0.1) is 20.9 Å². The van der Waals surface area contributed by atoms with Crippen molar-refractivity contribution in [2.24, 2.45) is 0 Å². The molecule has 0 bridgehead atoms. The van der Waals surface area contributed by atoms with Crippen LogP contribution in [0, 0.1) is 17.0 Å². The highest BCUT2D eigenvalue weighted by Gasteiger charge is 2.17. The van der Waals surface area contributed by atoms with Gasteiger partial charge in [0.15, 0.2) is 5.82 Å². The molecular weight excluding hydrogens is 366 g/mol. The minimum atomic E-state index is -0.403. The van der Waals surface area contributed by atoms with Gasteiger partial charge in [-0.15, -0.1) is 0 Å². The summed E-state index contributed by atoms with van der Waals surface area (Å²) in [4.78, 5) is 30.4. The molecule has 1 heterocycles. The van der Waals surface area contributed by atoms with E-state index in [1.54, 1.807) is 30.3 Å². The Balaban J connectivity index is 2.10. The molecule has 3 rings (SSSR count). The molecule has 3 aromatic rings. The summed E-state index contributed by atoms with van der Waals surface area (Å²) < 4.78 is 0. The highest BCUT2D eigenvalue weighted by Crippen LogP contribution is 2.29. The molecule has 0 radical (unpaired) electrons. The monoisotopic (exact) mass is 383 g/mol. The van der Waals surface area contributed by atoms with Crippen LogP contribution in [0.3, 0.4) is 0 Å². The number of halogens is 1.